The third-order valence-electron chi connectivity index (χ3n) is 5.39. The number of aliphatic hydroxyl groups excluding tert-OH is 1. The van der Waals surface area contributed by atoms with Crippen molar-refractivity contribution in [2.45, 2.75) is 68.7 Å². The van der Waals surface area contributed by atoms with E-state index < -0.39 is 0 Å². The topological polar surface area (TPSA) is 38.7 Å². The minimum atomic E-state index is -0.289. The zero-order valence-electron chi connectivity index (χ0n) is 10.8. The van der Waals surface area contributed by atoms with Gasteiger partial charge in [-0.05, 0) is 57.3 Å². The molecule has 98 valence electrons. The summed E-state index contributed by atoms with van der Waals surface area (Å²) in [5.41, 5.74) is -0.102. The summed E-state index contributed by atoms with van der Waals surface area (Å²) in [5, 5.41) is 10.6. The van der Waals surface area contributed by atoms with Crippen molar-refractivity contribution in [2.75, 3.05) is 13.7 Å². The molecular formula is C14H24O3. The molecule has 2 unspecified atom stereocenters. The van der Waals surface area contributed by atoms with Crippen molar-refractivity contribution in [3.8, 4) is 0 Å². The third-order valence-corrected chi connectivity index (χ3v) is 5.39. The quantitative estimate of drug-likeness (QED) is 0.822. The number of ether oxygens (including phenoxy) is 2. The molecule has 0 aromatic rings. The molecule has 3 rings (SSSR count). The normalized spacial score (nSPS) is 36.0. The van der Waals surface area contributed by atoms with Gasteiger partial charge in [-0.2, -0.15) is 0 Å². The zero-order chi connectivity index (χ0) is 11.9. The van der Waals surface area contributed by atoms with Gasteiger partial charge in [0.2, 0.25) is 0 Å². The van der Waals surface area contributed by atoms with E-state index in [2.05, 4.69) is 0 Å². The highest BCUT2D eigenvalue weighted by Gasteiger charge is 2.51. The summed E-state index contributed by atoms with van der Waals surface area (Å²) in [4.78, 5) is 0. The molecular weight excluding hydrogens is 216 g/mol. The van der Waals surface area contributed by atoms with E-state index in [-0.39, 0.29) is 17.3 Å². The van der Waals surface area contributed by atoms with Gasteiger partial charge in [0.05, 0.1) is 17.3 Å². The highest BCUT2D eigenvalue weighted by molar-refractivity contribution is 5.03. The lowest BCUT2D eigenvalue weighted by atomic mass is 9.65. The maximum absolute atomic E-state index is 10.6. The van der Waals surface area contributed by atoms with Crippen molar-refractivity contribution < 1.29 is 14.6 Å². The molecule has 1 aliphatic heterocycles. The van der Waals surface area contributed by atoms with Crippen LogP contribution in [0.15, 0.2) is 0 Å². The van der Waals surface area contributed by atoms with Crippen LogP contribution in [0.2, 0.25) is 0 Å². The fraction of sp³-hybridized carbons (Fsp3) is 1.00. The molecule has 3 aliphatic rings. The van der Waals surface area contributed by atoms with E-state index in [0.717, 1.165) is 32.3 Å². The van der Waals surface area contributed by atoms with Crippen LogP contribution in [-0.4, -0.2) is 36.1 Å². The first-order valence-electron chi connectivity index (χ1n) is 7.07. The van der Waals surface area contributed by atoms with E-state index in [1.165, 1.54) is 25.7 Å². The van der Waals surface area contributed by atoms with Crippen LogP contribution in [0.25, 0.3) is 0 Å². The highest BCUT2D eigenvalue weighted by Crippen LogP contribution is 2.49. The Morgan fingerprint density at radius 3 is 2.41 bits per heavy atom. The number of aliphatic hydroxyl groups is 1. The summed E-state index contributed by atoms with van der Waals surface area (Å²) in [5.74, 6) is 0.379. The minimum Gasteiger partial charge on any atom is -0.390 e. The second kappa shape index (κ2) is 4.22. The fourth-order valence-corrected chi connectivity index (χ4v) is 3.83. The lowest BCUT2D eigenvalue weighted by Gasteiger charge is -2.52. The van der Waals surface area contributed by atoms with Gasteiger partial charge in [-0.25, -0.2) is 0 Å². The molecule has 1 saturated heterocycles. The monoisotopic (exact) mass is 240 g/mol. The highest BCUT2D eigenvalue weighted by atomic mass is 16.5. The second-order valence-corrected chi connectivity index (χ2v) is 6.21. The van der Waals surface area contributed by atoms with Crippen molar-refractivity contribution in [3.63, 3.8) is 0 Å². The molecule has 3 nitrogen and oxygen atoms in total. The van der Waals surface area contributed by atoms with Gasteiger partial charge in [-0.3, -0.25) is 0 Å². The molecule has 2 atom stereocenters. The van der Waals surface area contributed by atoms with Gasteiger partial charge < -0.3 is 14.6 Å². The summed E-state index contributed by atoms with van der Waals surface area (Å²) < 4.78 is 11.5. The Morgan fingerprint density at radius 1 is 1.24 bits per heavy atom. The largest absolute Gasteiger partial charge is 0.390 e. The Balaban J connectivity index is 1.66. The van der Waals surface area contributed by atoms with E-state index in [9.17, 15) is 5.11 Å². The Kier molecular flexibility index (Phi) is 2.96. The first-order valence-corrected chi connectivity index (χ1v) is 7.07. The molecule has 1 spiro atoms. The average Bonchev–Trinajstić information content (AvgIpc) is 2.26. The maximum Gasteiger partial charge on any atom is 0.0939 e. The standard InChI is InChI=1S/C14H24O3/c1-16-14(7-3-8-14)12(15)11-4-9-17-13(10-11)5-2-6-13/h11-12,15H,2-10H2,1H3. The van der Waals surface area contributed by atoms with E-state index in [1.54, 1.807) is 7.11 Å². The minimum absolute atomic E-state index is 0.128. The molecule has 0 amide bonds. The zero-order valence-corrected chi connectivity index (χ0v) is 10.8. The molecule has 1 N–H and O–H groups in total. The molecule has 0 aromatic heterocycles. The van der Waals surface area contributed by atoms with Crippen LogP contribution in [0.5, 0.6) is 0 Å². The predicted molar refractivity (Wildman–Crippen MR) is 64.9 cm³/mol. The lowest BCUT2D eigenvalue weighted by molar-refractivity contribution is -0.205. The van der Waals surface area contributed by atoms with Crippen LogP contribution >= 0.6 is 0 Å². The van der Waals surface area contributed by atoms with Crippen molar-refractivity contribution in [1.82, 2.24) is 0 Å². The van der Waals surface area contributed by atoms with Gasteiger partial charge in [0.1, 0.15) is 0 Å². The van der Waals surface area contributed by atoms with Crippen LogP contribution in [0.1, 0.15) is 51.4 Å². The Hall–Kier alpha value is -0.120. The van der Waals surface area contributed by atoms with Gasteiger partial charge in [0.25, 0.3) is 0 Å². The van der Waals surface area contributed by atoms with Crippen molar-refractivity contribution in [3.05, 3.63) is 0 Å². The number of hydrogen-bond donors (Lipinski definition) is 1. The lowest BCUT2D eigenvalue weighted by Crippen LogP contribution is -2.57. The van der Waals surface area contributed by atoms with E-state index in [1.807, 2.05) is 0 Å². The van der Waals surface area contributed by atoms with Crippen LogP contribution in [-0.2, 0) is 9.47 Å². The summed E-state index contributed by atoms with van der Waals surface area (Å²) >= 11 is 0. The maximum atomic E-state index is 10.6. The SMILES string of the molecule is COC1(C(O)C2CCOC3(CCC3)C2)CCC1. The van der Waals surface area contributed by atoms with E-state index in [0.29, 0.717) is 5.92 Å². The third kappa shape index (κ3) is 1.83. The van der Waals surface area contributed by atoms with Gasteiger partial charge in [0, 0.05) is 13.7 Å². The van der Waals surface area contributed by atoms with Crippen LogP contribution in [0, 0.1) is 5.92 Å². The first-order chi connectivity index (χ1) is 8.20. The van der Waals surface area contributed by atoms with Crippen molar-refractivity contribution in [1.29, 1.82) is 0 Å². The Morgan fingerprint density at radius 2 is 1.94 bits per heavy atom. The number of methoxy groups -OCH3 is 1. The Bertz CT molecular complexity index is 276. The summed E-state index contributed by atoms with van der Waals surface area (Å²) in [7, 11) is 1.75. The van der Waals surface area contributed by atoms with Gasteiger partial charge in [-0.15, -0.1) is 0 Å². The summed E-state index contributed by atoms with van der Waals surface area (Å²) in [6.07, 6.45) is 8.66. The van der Waals surface area contributed by atoms with Gasteiger partial charge >= 0.3 is 0 Å². The predicted octanol–water partition coefficient (Wildman–Crippen LogP) is 2.27. The van der Waals surface area contributed by atoms with E-state index >= 15 is 0 Å². The van der Waals surface area contributed by atoms with Crippen LogP contribution in [0.3, 0.4) is 0 Å². The van der Waals surface area contributed by atoms with Gasteiger partial charge in [0.15, 0.2) is 0 Å². The van der Waals surface area contributed by atoms with Crippen molar-refractivity contribution in [2.24, 2.45) is 5.92 Å². The fourth-order valence-electron chi connectivity index (χ4n) is 3.83. The summed E-state index contributed by atoms with van der Waals surface area (Å²) in [6, 6.07) is 0. The number of hydrogen-bond acceptors (Lipinski definition) is 3. The summed E-state index contributed by atoms with van der Waals surface area (Å²) in [6.45, 7) is 0.821. The molecule has 0 bridgehead atoms. The molecule has 1 heterocycles. The van der Waals surface area contributed by atoms with Crippen molar-refractivity contribution >= 4 is 0 Å². The van der Waals surface area contributed by atoms with E-state index in [4.69, 9.17) is 9.47 Å². The molecule has 2 aliphatic carbocycles. The van der Waals surface area contributed by atoms with Gasteiger partial charge in [-0.1, -0.05) is 0 Å². The molecule has 3 heteroatoms. The molecule has 3 fully saturated rings. The second-order valence-electron chi connectivity index (χ2n) is 6.21. The first kappa shape index (κ1) is 11.9. The van der Waals surface area contributed by atoms with Crippen LogP contribution in [0.4, 0.5) is 0 Å². The number of rotatable bonds is 3. The smallest absolute Gasteiger partial charge is 0.0939 e. The van der Waals surface area contributed by atoms with Crippen LogP contribution < -0.4 is 0 Å². The molecule has 2 saturated carbocycles. The average molecular weight is 240 g/mol. The molecule has 0 aromatic carbocycles. The molecule has 17 heavy (non-hydrogen) atoms. The molecule has 0 radical (unpaired) electrons. The Labute approximate surface area is 103 Å².